The zero-order valence-electron chi connectivity index (χ0n) is 21.1. The molecule has 4 aromatic carbocycles. The van der Waals surface area contributed by atoms with Crippen LogP contribution in [0.25, 0.3) is 10.8 Å². The molecule has 4 rings (SSSR count). The molecule has 0 aliphatic heterocycles. The molecule has 0 fully saturated rings. The first kappa shape index (κ1) is 24.4. The number of hydrogen-bond donors (Lipinski definition) is 0. The number of likely N-dealkylation sites (N-methyl/N-ethyl adjacent to an activating group) is 1. The Morgan fingerprint density at radius 2 is 1.40 bits per heavy atom. The molecule has 0 N–H and O–H groups in total. The summed E-state index contributed by atoms with van der Waals surface area (Å²) in [6, 6.07) is 27.2. The summed E-state index contributed by atoms with van der Waals surface area (Å²) in [5.41, 5.74) is 3.32. The highest BCUT2D eigenvalue weighted by Crippen LogP contribution is 2.47. The lowest BCUT2D eigenvalue weighted by molar-refractivity contribution is 0.261. The van der Waals surface area contributed by atoms with E-state index in [0.29, 0.717) is 23.9 Å². The summed E-state index contributed by atoms with van der Waals surface area (Å²) in [5, 5.41) is 2.39. The minimum absolute atomic E-state index is 0.0910. The fraction of sp³-hybridized carbons (Fsp3) is 0.267. The monoisotopic (exact) mass is 471 g/mol. The summed E-state index contributed by atoms with van der Waals surface area (Å²) in [7, 11) is 9.02. The Balaban J connectivity index is 1.86. The largest absolute Gasteiger partial charge is 0.493 e. The summed E-state index contributed by atoms with van der Waals surface area (Å²) in [6.07, 6.45) is 0. The van der Waals surface area contributed by atoms with Crippen molar-refractivity contribution in [3.8, 4) is 23.0 Å². The number of hydrogen-bond acceptors (Lipinski definition) is 5. The van der Waals surface area contributed by atoms with E-state index in [1.165, 1.54) is 16.3 Å². The van der Waals surface area contributed by atoms with Gasteiger partial charge in [0.25, 0.3) is 0 Å². The Hall–Kier alpha value is -3.70. The highest BCUT2D eigenvalue weighted by Gasteiger charge is 2.26. The topological polar surface area (TPSA) is 40.2 Å². The highest BCUT2D eigenvalue weighted by molar-refractivity contribution is 5.87. The van der Waals surface area contributed by atoms with Crippen LogP contribution in [0.5, 0.6) is 23.0 Å². The third kappa shape index (κ3) is 5.20. The van der Waals surface area contributed by atoms with Crippen LogP contribution in [0.2, 0.25) is 0 Å². The molecular weight excluding hydrogens is 438 g/mol. The van der Waals surface area contributed by atoms with Crippen LogP contribution in [-0.2, 0) is 0 Å². The standard InChI is InChI=1S/C30H33NO4/c1-31(2)19-20-35-23-15-13-22(14-16-23)28(25-12-8-10-21-9-6-7-11-24(21)25)26-17-18-27(32-3)30(34-5)29(26)33-4/h6-18,28H,19-20H2,1-5H3. The van der Waals surface area contributed by atoms with Gasteiger partial charge in [-0.1, -0.05) is 60.7 Å². The van der Waals surface area contributed by atoms with E-state index in [0.717, 1.165) is 23.4 Å². The Bertz CT molecular complexity index is 1260. The van der Waals surface area contributed by atoms with Gasteiger partial charge >= 0.3 is 0 Å². The van der Waals surface area contributed by atoms with Crippen LogP contribution in [-0.4, -0.2) is 53.5 Å². The predicted molar refractivity (Wildman–Crippen MR) is 141 cm³/mol. The lowest BCUT2D eigenvalue weighted by Gasteiger charge is -2.25. The van der Waals surface area contributed by atoms with E-state index in [2.05, 4.69) is 65.6 Å². The third-order valence-corrected chi connectivity index (χ3v) is 6.20. The van der Waals surface area contributed by atoms with Gasteiger partial charge in [0.15, 0.2) is 11.5 Å². The average molecular weight is 472 g/mol. The molecule has 4 aromatic rings. The van der Waals surface area contributed by atoms with Gasteiger partial charge in [-0.15, -0.1) is 0 Å². The van der Waals surface area contributed by atoms with Gasteiger partial charge < -0.3 is 23.8 Å². The summed E-state index contributed by atoms with van der Waals surface area (Å²) in [4.78, 5) is 2.11. The molecule has 0 aromatic heterocycles. The summed E-state index contributed by atoms with van der Waals surface area (Å²) in [5.74, 6) is 2.64. The summed E-state index contributed by atoms with van der Waals surface area (Å²) < 4.78 is 23.1. The van der Waals surface area contributed by atoms with Crippen molar-refractivity contribution in [2.45, 2.75) is 5.92 Å². The van der Waals surface area contributed by atoms with Crippen molar-refractivity contribution in [3.05, 3.63) is 95.6 Å². The molecule has 0 amide bonds. The molecule has 0 aliphatic rings. The normalized spacial score (nSPS) is 11.9. The van der Waals surface area contributed by atoms with E-state index in [9.17, 15) is 0 Å². The molecule has 0 heterocycles. The van der Waals surface area contributed by atoms with E-state index in [-0.39, 0.29) is 5.92 Å². The van der Waals surface area contributed by atoms with Gasteiger partial charge in [-0.3, -0.25) is 0 Å². The van der Waals surface area contributed by atoms with Crippen LogP contribution in [0.15, 0.2) is 78.9 Å². The molecule has 0 saturated heterocycles. The van der Waals surface area contributed by atoms with E-state index in [1.807, 2.05) is 32.3 Å². The molecule has 0 saturated carbocycles. The zero-order valence-corrected chi connectivity index (χ0v) is 21.1. The Morgan fingerprint density at radius 3 is 2.09 bits per heavy atom. The summed E-state index contributed by atoms with van der Waals surface area (Å²) in [6.45, 7) is 1.51. The maximum absolute atomic E-state index is 5.94. The zero-order chi connectivity index (χ0) is 24.8. The van der Waals surface area contributed by atoms with Crippen LogP contribution in [0.3, 0.4) is 0 Å². The molecule has 0 radical (unpaired) electrons. The van der Waals surface area contributed by atoms with Gasteiger partial charge in [-0.25, -0.2) is 0 Å². The predicted octanol–water partition coefficient (Wildman–Crippen LogP) is 5.99. The van der Waals surface area contributed by atoms with Crippen molar-refractivity contribution in [3.63, 3.8) is 0 Å². The highest BCUT2D eigenvalue weighted by atomic mass is 16.5. The van der Waals surface area contributed by atoms with Gasteiger partial charge in [-0.2, -0.15) is 0 Å². The average Bonchev–Trinajstić information content (AvgIpc) is 2.89. The van der Waals surface area contributed by atoms with Gasteiger partial charge in [0.2, 0.25) is 5.75 Å². The maximum Gasteiger partial charge on any atom is 0.203 e. The van der Waals surface area contributed by atoms with Gasteiger partial charge in [0.05, 0.1) is 21.3 Å². The molecule has 35 heavy (non-hydrogen) atoms. The van der Waals surface area contributed by atoms with Crippen molar-refractivity contribution in [1.29, 1.82) is 0 Å². The van der Waals surface area contributed by atoms with Crippen LogP contribution < -0.4 is 18.9 Å². The van der Waals surface area contributed by atoms with E-state index < -0.39 is 0 Å². The number of ether oxygens (including phenoxy) is 4. The smallest absolute Gasteiger partial charge is 0.203 e. The molecular formula is C30H33NO4. The first-order valence-corrected chi connectivity index (χ1v) is 11.7. The molecule has 0 spiro atoms. The molecule has 5 nitrogen and oxygen atoms in total. The van der Waals surface area contributed by atoms with Crippen LogP contribution in [0, 0.1) is 0 Å². The van der Waals surface area contributed by atoms with Crippen LogP contribution in [0.4, 0.5) is 0 Å². The number of methoxy groups -OCH3 is 3. The maximum atomic E-state index is 5.94. The third-order valence-electron chi connectivity index (χ3n) is 6.20. The lowest BCUT2D eigenvalue weighted by Crippen LogP contribution is -2.19. The lowest BCUT2D eigenvalue weighted by atomic mass is 9.82. The van der Waals surface area contributed by atoms with Crippen molar-refractivity contribution < 1.29 is 18.9 Å². The van der Waals surface area contributed by atoms with Crippen LogP contribution in [0.1, 0.15) is 22.6 Å². The second-order valence-electron chi connectivity index (χ2n) is 8.65. The Morgan fingerprint density at radius 1 is 0.686 bits per heavy atom. The van der Waals surface area contributed by atoms with Crippen molar-refractivity contribution in [1.82, 2.24) is 4.90 Å². The number of rotatable bonds is 10. The SMILES string of the molecule is COc1ccc(C(c2ccc(OCCN(C)C)cc2)c2cccc3ccccc23)c(OC)c1OC. The van der Waals surface area contributed by atoms with Gasteiger partial charge in [-0.05, 0) is 54.2 Å². The molecule has 0 aliphatic carbocycles. The second-order valence-corrected chi connectivity index (χ2v) is 8.65. The number of benzene rings is 4. The molecule has 5 heteroatoms. The number of nitrogens with zero attached hydrogens (tertiary/aromatic N) is 1. The van der Waals surface area contributed by atoms with E-state index in [4.69, 9.17) is 18.9 Å². The van der Waals surface area contributed by atoms with Crippen LogP contribution >= 0.6 is 0 Å². The quantitative estimate of drug-likeness (QED) is 0.266. The van der Waals surface area contributed by atoms with E-state index >= 15 is 0 Å². The molecule has 1 unspecified atom stereocenters. The minimum atomic E-state index is -0.0910. The van der Waals surface area contributed by atoms with Crippen molar-refractivity contribution >= 4 is 10.8 Å². The first-order valence-electron chi connectivity index (χ1n) is 11.7. The molecule has 0 bridgehead atoms. The second kappa shape index (κ2) is 11.2. The minimum Gasteiger partial charge on any atom is -0.493 e. The van der Waals surface area contributed by atoms with Gasteiger partial charge in [0.1, 0.15) is 12.4 Å². The molecule has 182 valence electrons. The first-order chi connectivity index (χ1) is 17.1. The summed E-state index contributed by atoms with van der Waals surface area (Å²) >= 11 is 0. The van der Waals surface area contributed by atoms with Crippen molar-refractivity contribution in [2.75, 3.05) is 48.6 Å². The Kier molecular flexibility index (Phi) is 7.78. The fourth-order valence-electron chi connectivity index (χ4n) is 4.48. The molecule has 1 atom stereocenters. The van der Waals surface area contributed by atoms with Gasteiger partial charge in [0, 0.05) is 18.0 Å². The van der Waals surface area contributed by atoms with Crippen molar-refractivity contribution in [2.24, 2.45) is 0 Å². The Labute approximate surface area is 207 Å². The fourth-order valence-corrected chi connectivity index (χ4v) is 4.48. The number of fused-ring (bicyclic) bond motifs is 1. The van der Waals surface area contributed by atoms with E-state index in [1.54, 1.807) is 21.3 Å².